The molecule has 0 atom stereocenters. The fourth-order valence-electron chi connectivity index (χ4n) is 2.06. The summed E-state index contributed by atoms with van der Waals surface area (Å²) >= 11 is 0. The molecule has 2 heteroatoms. The maximum atomic E-state index is 11.1. The van der Waals surface area contributed by atoms with Crippen molar-refractivity contribution in [1.82, 2.24) is 0 Å². The highest BCUT2D eigenvalue weighted by molar-refractivity contribution is 5.96. The van der Waals surface area contributed by atoms with E-state index in [0.29, 0.717) is 6.42 Å². The predicted molar refractivity (Wildman–Crippen MR) is 61.9 cm³/mol. The van der Waals surface area contributed by atoms with Crippen molar-refractivity contribution >= 4 is 5.78 Å². The number of aliphatic hydroxyl groups excluding tert-OH is 1. The maximum Gasteiger partial charge on any atom is 0.197 e. The fraction of sp³-hybridized carbons (Fsp3) is 0.769. The standard InChI is InChI=1S/C13H22O2/c1-2-3-4-5-6-7-8-11-9-10-12(14)13(11)15/h15H,2-10H2,1H3. The van der Waals surface area contributed by atoms with Crippen LogP contribution in [0.5, 0.6) is 0 Å². The van der Waals surface area contributed by atoms with Crippen LogP contribution in [0, 0.1) is 0 Å². The van der Waals surface area contributed by atoms with Gasteiger partial charge in [-0.05, 0) is 24.8 Å². The molecule has 1 rings (SSSR count). The Bertz CT molecular complexity index is 241. The summed E-state index contributed by atoms with van der Waals surface area (Å²) in [5.74, 6) is 0.0135. The summed E-state index contributed by atoms with van der Waals surface area (Å²) in [7, 11) is 0. The third kappa shape index (κ3) is 4.06. The second kappa shape index (κ2) is 6.65. The molecule has 0 amide bonds. The van der Waals surface area contributed by atoms with E-state index in [1.165, 1.54) is 32.1 Å². The van der Waals surface area contributed by atoms with E-state index in [4.69, 9.17) is 0 Å². The van der Waals surface area contributed by atoms with E-state index >= 15 is 0 Å². The zero-order chi connectivity index (χ0) is 11.1. The van der Waals surface area contributed by atoms with Crippen molar-refractivity contribution in [2.45, 2.75) is 64.7 Å². The molecule has 1 aliphatic rings. The highest BCUT2D eigenvalue weighted by Gasteiger charge is 2.21. The molecule has 0 aliphatic heterocycles. The Morgan fingerprint density at radius 1 is 1.07 bits per heavy atom. The lowest BCUT2D eigenvalue weighted by Crippen LogP contribution is -1.94. The zero-order valence-corrected chi connectivity index (χ0v) is 9.72. The first-order valence-corrected chi connectivity index (χ1v) is 6.20. The van der Waals surface area contributed by atoms with Crippen molar-refractivity contribution in [3.05, 3.63) is 11.3 Å². The van der Waals surface area contributed by atoms with Crippen molar-refractivity contribution < 1.29 is 9.90 Å². The van der Waals surface area contributed by atoms with Crippen LogP contribution in [-0.2, 0) is 4.79 Å². The predicted octanol–water partition coefficient (Wildman–Crippen LogP) is 3.91. The van der Waals surface area contributed by atoms with Crippen LogP contribution in [0.2, 0.25) is 0 Å². The van der Waals surface area contributed by atoms with Gasteiger partial charge in [0.15, 0.2) is 11.5 Å². The van der Waals surface area contributed by atoms with Gasteiger partial charge in [-0.2, -0.15) is 0 Å². The summed E-state index contributed by atoms with van der Waals surface area (Å²) in [6.07, 6.45) is 9.80. The summed E-state index contributed by atoms with van der Waals surface area (Å²) in [5, 5.41) is 9.43. The van der Waals surface area contributed by atoms with Gasteiger partial charge in [0.1, 0.15) is 0 Å². The van der Waals surface area contributed by atoms with E-state index < -0.39 is 0 Å². The number of rotatable bonds is 7. The number of unbranched alkanes of at least 4 members (excludes halogenated alkanes) is 5. The first-order valence-electron chi connectivity index (χ1n) is 6.20. The Balaban J connectivity index is 2.08. The van der Waals surface area contributed by atoms with E-state index in [9.17, 15) is 9.90 Å². The average Bonchev–Trinajstić information content (AvgIpc) is 2.54. The van der Waals surface area contributed by atoms with Crippen molar-refractivity contribution in [3.63, 3.8) is 0 Å². The number of Topliss-reactive ketones (excluding diaryl/α,β-unsaturated/α-hetero) is 1. The van der Waals surface area contributed by atoms with Crippen LogP contribution in [0.15, 0.2) is 11.3 Å². The SMILES string of the molecule is CCCCCCCCC1=C(O)C(=O)CC1. The second-order valence-corrected chi connectivity index (χ2v) is 4.39. The average molecular weight is 210 g/mol. The minimum atomic E-state index is -0.0593. The molecule has 2 nitrogen and oxygen atoms in total. The smallest absolute Gasteiger partial charge is 0.197 e. The van der Waals surface area contributed by atoms with E-state index in [-0.39, 0.29) is 11.5 Å². The van der Waals surface area contributed by atoms with Crippen LogP contribution in [0.25, 0.3) is 0 Å². The summed E-state index contributed by atoms with van der Waals surface area (Å²) in [5.41, 5.74) is 0.996. The molecule has 0 fully saturated rings. The fourth-order valence-corrected chi connectivity index (χ4v) is 2.06. The third-order valence-electron chi connectivity index (χ3n) is 3.08. The summed E-state index contributed by atoms with van der Waals surface area (Å²) in [6, 6.07) is 0. The number of ketones is 1. The van der Waals surface area contributed by atoms with Crippen LogP contribution in [-0.4, -0.2) is 10.9 Å². The molecule has 0 radical (unpaired) electrons. The van der Waals surface area contributed by atoms with Gasteiger partial charge in [-0.15, -0.1) is 0 Å². The Morgan fingerprint density at radius 2 is 1.73 bits per heavy atom. The number of hydrogen-bond donors (Lipinski definition) is 1. The molecule has 0 heterocycles. The van der Waals surface area contributed by atoms with Gasteiger partial charge in [-0.3, -0.25) is 4.79 Å². The molecular formula is C13H22O2. The number of carbonyl (C=O) groups is 1. The minimum absolute atomic E-state index is 0.0593. The first kappa shape index (κ1) is 12.3. The molecule has 0 unspecified atom stereocenters. The molecule has 0 spiro atoms. The van der Waals surface area contributed by atoms with Crippen LogP contribution < -0.4 is 0 Å². The second-order valence-electron chi connectivity index (χ2n) is 4.39. The number of allylic oxidation sites excluding steroid dienone is 2. The van der Waals surface area contributed by atoms with Gasteiger partial charge in [0.25, 0.3) is 0 Å². The Hall–Kier alpha value is -0.790. The monoisotopic (exact) mass is 210 g/mol. The van der Waals surface area contributed by atoms with Gasteiger partial charge in [-0.1, -0.05) is 39.0 Å². The Labute approximate surface area is 92.4 Å². The Morgan fingerprint density at radius 3 is 2.33 bits per heavy atom. The number of hydrogen-bond acceptors (Lipinski definition) is 2. The molecule has 0 aromatic rings. The Kier molecular flexibility index (Phi) is 5.44. The topological polar surface area (TPSA) is 37.3 Å². The summed E-state index contributed by atoms with van der Waals surface area (Å²) < 4.78 is 0. The van der Waals surface area contributed by atoms with Crippen molar-refractivity contribution in [2.75, 3.05) is 0 Å². The molecule has 0 aromatic carbocycles. The lowest BCUT2D eigenvalue weighted by molar-refractivity contribution is -0.117. The van der Waals surface area contributed by atoms with Crippen LogP contribution in [0.4, 0.5) is 0 Å². The normalized spacial score (nSPS) is 16.5. The van der Waals surface area contributed by atoms with Crippen LogP contribution in [0.1, 0.15) is 64.7 Å². The van der Waals surface area contributed by atoms with Crippen molar-refractivity contribution in [1.29, 1.82) is 0 Å². The van der Waals surface area contributed by atoms with E-state index in [2.05, 4.69) is 6.92 Å². The van der Waals surface area contributed by atoms with E-state index in [0.717, 1.165) is 24.8 Å². The quantitative estimate of drug-likeness (QED) is 0.647. The van der Waals surface area contributed by atoms with Gasteiger partial charge in [0.2, 0.25) is 0 Å². The van der Waals surface area contributed by atoms with E-state index in [1.807, 2.05) is 0 Å². The molecular weight excluding hydrogens is 188 g/mol. The molecule has 15 heavy (non-hydrogen) atoms. The van der Waals surface area contributed by atoms with Gasteiger partial charge >= 0.3 is 0 Å². The van der Waals surface area contributed by atoms with Crippen LogP contribution >= 0.6 is 0 Å². The van der Waals surface area contributed by atoms with Gasteiger partial charge in [0, 0.05) is 6.42 Å². The summed E-state index contributed by atoms with van der Waals surface area (Å²) in [6.45, 7) is 2.22. The molecule has 0 saturated carbocycles. The van der Waals surface area contributed by atoms with Gasteiger partial charge in [-0.25, -0.2) is 0 Å². The zero-order valence-electron chi connectivity index (χ0n) is 9.72. The number of carbonyl (C=O) groups excluding carboxylic acids is 1. The molecule has 1 aliphatic carbocycles. The third-order valence-corrected chi connectivity index (χ3v) is 3.08. The van der Waals surface area contributed by atoms with Crippen LogP contribution in [0.3, 0.4) is 0 Å². The largest absolute Gasteiger partial charge is 0.504 e. The highest BCUT2D eigenvalue weighted by atomic mass is 16.3. The molecule has 0 saturated heterocycles. The molecule has 1 N–H and O–H groups in total. The lowest BCUT2D eigenvalue weighted by Gasteiger charge is -2.02. The number of aliphatic hydroxyl groups is 1. The van der Waals surface area contributed by atoms with Crippen molar-refractivity contribution in [3.8, 4) is 0 Å². The van der Waals surface area contributed by atoms with Gasteiger partial charge < -0.3 is 5.11 Å². The first-order chi connectivity index (χ1) is 7.25. The van der Waals surface area contributed by atoms with Gasteiger partial charge in [0.05, 0.1) is 0 Å². The van der Waals surface area contributed by atoms with E-state index in [1.54, 1.807) is 0 Å². The highest BCUT2D eigenvalue weighted by Crippen LogP contribution is 2.25. The van der Waals surface area contributed by atoms with Crippen molar-refractivity contribution in [2.24, 2.45) is 0 Å². The minimum Gasteiger partial charge on any atom is -0.504 e. The summed E-state index contributed by atoms with van der Waals surface area (Å²) in [4.78, 5) is 11.1. The molecule has 0 aromatic heterocycles. The lowest BCUT2D eigenvalue weighted by atomic mass is 10.0. The molecule has 86 valence electrons. The maximum absolute atomic E-state index is 11.1. The molecule has 0 bridgehead atoms.